The zero-order chi connectivity index (χ0) is 14.7. The Hall–Kier alpha value is 0.448. The van der Waals surface area contributed by atoms with Crippen molar-refractivity contribution in [3.8, 4) is 0 Å². The van der Waals surface area contributed by atoms with Gasteiger partial charge in [0.05, 0.1) is 7.59 Å². The average molecular weight is 337 g/mol. The highest BCUT2D eigenvalue weighted by Gasteiger charge is 2.64. The molecule has 0 aromatic carbocycles. The van der Waals surface area contributed by atoms with E-state index in [-0.39, 0.29) is 0 Å². The lowest BCUT2D eigenvalue weighted by Crippen LogP contribution is -2.80. The molecule has 0 spiro atoms. The molecule has 1 aliphatic heterocycles. The van der Waals surface area contributed by atoms with Crippen LogP contribution in [0.5, 0.6) is 0 Å². The minimum absolute atomic E-state index is 0.903. The van der Waals surface area contributed by atoms with Crippen molar-refractivity contribution in [1.82, 2.24) is 0 Å². The standard InChI is InChI=1S/C11H28O4Si4/c1-8-10-19(15-16(12-2)13-3)17(4,5)11-9-14-18(19,6)7/h8,16H,1,9-11H2,2-7H3. The molecular weight excluding hydrogens is 308 g/mol. The van der Waals surface area contributed by atoms with Crippen molar-refractivity contribution in [2.75, 3.05) is 20.8 Å². The Morgan fingerprint density at radius 1 is 1.21 bits per heavy atom. The monoisotopic (exact) mass is 336 g/mol. The van der Waals surface area contributed by atoms with Gasteiger partial charge in [-0.15, -0.1) is 6.58 Å². The van der Waals surface area contributed by atoms with Crippen LogP contribution in [-0.2, 0) is 17.4 Å². The van der Waals surface area contributed by atoms with Crippen LogP contribution in [0.15, 0.2) is 12.7 Å². The Balaban J connectivity index is 3.20. The first-order valence-corrected chi connectivity index (χ1v) is 18.4. The van der Waals surface area contributed by atoms with Crippen LogP contribution in [0.2, 0.25) is 38.3 Å². The zero-order valence-electron chi connectivity index (χ0n) is 13.1. The van der Waals surface area contributed by atoms with E-state index in [0.717, 1.165) is 12.7 Å². The van der Waals surface area contributed by atoms with E-state index in [1.807, 2.05) is 6.08 Å². The van der Waals surface area contributed by atoms with Crippen molar-refractivity contribution in [3.63, 3.8) is 0 Å². The van der Waals surface area contributed by atoms with Crippen molar-refractivity contribution in [3.05, 3.63) is 12.7 Å². The van der Waals surface area contributed by atoms with Crippen molar-refractivity contribution >= 4 is 32.3 Å². The molecule has 0 aliphatic carbocycles. The third-order valence-corrected chi connectivity index (χ3v) is 43.3. The van der Waals surface area contributed by atoms with Gasteiger partial charge in [-0.2, -0.15) is 0 Å². The minimum atomic E-state index is -2.02. The van der Waals surface area contributed by atoms with Crippen molar-refractivity contribution in [2.24, 2.45) is 0 Å². The van der Waals surface area contributed by atoms with Crippen molar-refractivity contribution < 1.29 is 17.4 Å². The van der Waals surface area contributed by atoms with Gasteiger partial charge in [-0.05, 0) is 25.2 Å². The Morgan fingerprint density at radius 3 is 2.21 bits per heavy atom. The van der Waals surface area contributed by atoms with Gasteiger partial charge in [-0.3, -0.25) is 0 Å². The van der Waals surface area contributed by atoms with E-state index in [4.69, 9.17) is 17.4 Å². The van der Waals surface area contributed by atoms with Crippen LogP contribution in [0.3, 0.4) is 0 Å². The highest BCUT2D eigenvalue weighted by atomic mass is 29.7. The van der Waals surface area contributed by atoms with E-state index in [9.17, 15) is 0 Å². The van der Waals surface area contributed by atoms with Crippen LogP contribution in [0, 0.1) is 0 Å². The van der Waals surface area contributed by atoms with E-state index in [0.29, 0.717) is 0 Å². The number of rotatable bonds is 6. The first kappa shape index (κ1) is 17.5. The summed E-state index contributed by atoms with van der Waals surface area (Å²) in [6.45, 7) is 14.4. The predicted molar refractivity (Wildman–Crippen MR) is 88.7 cm³/mol. The van der Waals surface area contributed by atoms with E-state index >= 15 is 0 Å². The second-order valence-electron chi connectivity index (χ2n) is 6.19. The average Bonchev–Trinajstić information content (AvgIpc) is 2.32. The maximum absolute atomic E-state index is 6.61. The second-order valence-corrected chi connectivity index (χ2v) is 32.3. The molecule has 0 bridgehead atoms. The fourth-order valence-corrected chi connectivity index (χ4v) is 48.4. The Kier molecular flexibility index (Phi) is 5.96. The van der Waals surface area contributed by atoms with E-state index < -0.39 is 32.3 Å². The van der Waals surface area contributed by atoms with Gasteiger partial charge < -0.3 is 17.4 Å². The minimum Gasteiger partial charge on any atom is -0.419 e. The molecule has 1 fully saturated rings. The fraction of sp³-hybridized carbons (Fsp3) is 0.818. The normalized spacial score (nSPS) is 29.4. The van der Waals surface area contributed by atoms with Gasteiger partial charge in [0.2, 0.25) is 7.83 Å². The smallest absolute Gasteiger partial charge is 0.419 e. The highest BCUT2D eigenvalue weighted by Crippen LogP contribution is 2.40. The predicted octanol–water partition coefficient (Wildman–Crippen LogP) is 2.25. The Bertz CT molecular complexity index is 302. The molecule has 0 aromatic rings. The Morgan fingerprint density at radius 2 is 1.79 bits per heavy atom. The SMILES string of the molecule is C=CC[Si]1(O[SiH](OC)OC)[Si](C)(C)CCO[Si]1(C)C. The molecular formula is C11H28O4Si4. The van der Waals surface area contributed by atoms with E-state index in [1.54, 1.807) is 14.2 Å². The van der Waals surface area contributed by atoms with Crippen LogP contribution in [0.1, 0.15) is 0 Å². The van der Waals surface area contributed by atoms with Crippen LogP contribution in [0.4, 0.5) is 0 Å². The molecule has 1 aliphatic rings. The lowest BCUT2D eigenvalue weighted by Gasteiger charge is -2.54. The van der Waals surface area contributed by atoms with Crippen molar-refractivity contribution in [2.45, 2.75) is 38.3 Å². The van der Waals surface area contributed by atoms with Gasteiger partial charge in [0.1, 0.15) is 0 Å². The topological polar surface area (TPSA) is 36.9 Å². The molecule has 1 rings (SSSR count). The largest absolute Gasteiger partial charge is 0.472 e. The molecule has 0 radical (unpaired) electrons. The number of hydrogen-bond donors (Lipinski definition) is 0. The molecule has 0 saturated carbocycles. The Labute approximate surface area is 121 Å². The summed E-state index contributed by atoms with van der Waals surface area (Å²) in [6, 6.07) is 2.15. The molecule has 1 unspecified atom stereocenters. The highest BCUT2D eigenvalue weighted by molar-refractivity contribution is 7.66. The maximum atomic E-state index is 6.61. The maximum Gasteiger partial charge on any atom is 0.472 e. The van der Waals surface area contributed by atoms with Gasteiger partial charge in [0.15, 0.2) is 7.35 Å². The zero-order valence-corrected chi connectivity index (χ0v) is 17.3. The molecule has 0 aromatic heterocycles. The number of hydrogen-bond acceptors (Lipinski definition) is 4. The van der Waals surface area contributed by atoms with E-state index in [1.165, 1.54) is 6.04 Å². The van der Waals surface area contributed by atoms with Gasteiger partial charge >= 0.3 is 9.53 Å². The van der Waals surface area contributed by atoms with Gasteiger partial charge in [-0.25, -0.2) is 0 Å². The lowest BCUT2D eigenvalue weighted by atomic mass is 10.8. The van der Waals surface area contributed by atoms with Gasteiger partial charge in [0, 0.05) is 20.8 Å². The molecule has 0 N–H and O–H groups in total. The third-order valence-electron chi connectivity index (χ3n) is 4.37. The summed E-state index contributed by atoms with van der Waals surface area (Å²) in [4.78, 5) is 0. The fourth-order valence-electron chi connectivity index (χ4n) is 3.13. The second kappa shape index (κ2) is 6.48. The summed E-state index contributed by atoms with van der Waals surface area (Å²) in [6.07, 6.45) is 2.03. The van der Waals surface area contributed by atoms with Crippen LogP contribution in [0.25, 0.3) is 0 Å². The van der Waals surface area contributed by atoms with Crippen LogP contribution < -0.4 is 0 Å². The quantitative estimate of drug-likeness (QED) is 0.551. The summed E-state index contributed by atoms with van der Waals surface area (Å²) >= 11 is 0. The van der Waals surface area contributed by atoms with E-state index in [2.05, 4.69) is 32.8 Å². The number of allylic oxidation sites excluding steroid dienone is 1. The lowest BCUT2D eigenvalue weighted by molar-refractivity contribution is 0.199. The molecule has 8 heteroatoms. The summed E-state index contributed by atoms with van der Waals surface area (Å²) in [5, 5.41) is 0. The molecule has 112 valence electrons. The van der Waals surface area contributed by atoms with Crippen LogP contribution in [-0.4, -0.2) is 53.1 Å². The molecule has 4 nitrogen and oxygen atoms in total. The molecule has 1 heterocycles. The molecule has 19 heavy (non-hydrogen) atoms. The summed E-state index contributed by atoms with van der Waals surface area (Å²) in [7, 11) is -3.96. The van der Waals surface area contributed by atoms with Gasteiger partial charge in [0.25, 0.3) is 0 Å². The molecule has 1 saturated heterocycles. The first-order chi connectivity index (χ1) is 8.76. The molecule has 0 amide bonds. The summed E-state index contributed by atoms with van der Waals surface area (Å²) in [5.41, 5.74) is 0. The summed E-state index contributed by atoms with van der Waals surface area (Å²) in [5.74, 6) is 0. The summed E-state index contributed by atoms with van der Waals surface area (Å²) < 4.78 is 23.7. The third kappa shape index (κ3) is 3.21. The first-order valence-electron chi connectivity index (χ1n) is 6.74. The van der Waals surface area contributed by atoms with Crippen LogP contribution >= 0.6 is 0 Å². The van der Waals surface area contributed by atoms with Crippen molar-refractivity contribution in [1.29, 1.82) is 0 Å². The van der Waals surface area contributed by atoms with Gasteiger partial charge in [-0.1, -0.05) is 19.2 Å². The molecule has 1 atom stereocenters.